The van der Waals surface area contributed by atoms with Crippen LogP contribution in [-0.2, 0) is 62.1 Å². The quantitative estimate of drug-likeness (QED) is 0.548. The van der Waals surface area contributed by atoms with E-state index in [1.54, 1.807) is 0 Å². The molecule has 0 saturated heterocycles. The first-order valence-electron chi connectivity index (χ1n) is 1.38. The molecule has 11 heavy (non-hydrogen) atoms. The molecule has 0 rings (SSSR count). The van der Waals surface area contributed by atoms with Gasteiger partial charge in [-0.3, -0.25) is 0 Å². The second-order valence-electron chi connectivity index (χ2n) is 0.529. The Morgan fingerprint density at radius 1 is 0.727 bits per heavy atom. The van der Waals surface area contributed by atoms with Gasteiger partial charge >= 0.3 is 55.4 Å². The summed E-state index contributed by atoms with van der Waals surface area (Å²) in [4.78, 5) is 0. The molecule has 0 amide bonds. The minimum absolute atomic E-state index is 2.00. The Labute approximate surface area is 78.1 Å². The van der Waals surface area contributed by atoms with Gasteiger partial charge in [0.25, 0.3) is 0 Å². The summed E-state index contributed by atoms with van der Waals surface area (Å²) in [5.74, 6) is 0. The normalized spacial score (nSPS) is 6.00. The molecule has 0 unspecified atom stereocenters. The van der Waals surface area contributed by atoms with Crippen LogP contribution in [0.1, 0.15) is 0 Å². The van der Waals surface area contributed by atoms with Gasteiger partial charge in [-0.25, -0.2) is 18.3 Å². The molecule has 7 nitrogen and oxygen atoms in total. The third-order valence-corrected chi connectivity index (χ3v) is 1.20. The minimum atomic E-state index is -3.24. The fourth-order valence-corrected chi connectivity index (χ4v) is 0.490. The zero-order chi connectivity index (χ0) is 9.86. The van der Waals surface area contributed by atoms with Crippen LogP contribution in [0.4, 0.5) is 0 Å². The van der Waals surface area contributed by atoms with Crippen molar-refractivity contribution < 1.29 is 62.1 Å². The summed E-state index contributed by atoms with van der Waals surface area (Å²) in [6.07, 6.45) is 0. The first-order valence-corrected chi connectivity index (χ1v) is 4.48. The molecular weight excluding hydrogens is 286 g/mol. The molecule has 0 aliphatic rings. The third-order valence-electron chi connectivity index (χ3n) is 0.133. The Hall–Kier alpha value is 0.399. The van der Waals surface area contributed by atoms with Gasteiger partial charge in [-0.15, -0.1) is 0 Å². The molecular formula is Fe2O7P2. The molecule has 0 bridgehead atoms. The van der Waals surface area contributed by atoms with Crippen LogP contribution in [0.15, 0.2) is 0 Å². The van der Waals surface area contributed by atoms with E-state index in [4.69, 9.17) is 7.67 Å². The molecule has 0 atom stereocenters. The van der Waals surface area contributed by atoms with E-state index >= 15 is 0 Å². The molecule has 11 heteroatoms. The van der Waals surface area contributed by atoms with Crippen LogP contribution in [0.2, 0.25) is 0 Å². The van der Waals surface area contributed by atoms with E-state index in [-0.39, 0.29) is 0 Å². The Kier molecular flexibility index (Phi) is 26.7. The molecule has 68 valence electrons. The van der Waals surface area contributed by atoms with Gasteiger partial charge < -0.3 is 0 Å². The topological polar surface area (TPSA) is 112 Å². The van der Waals surface area contributed by atoms with Crippen molar-refractivity contribution in [3.63, 3.8) is 0 Å². The fourth-order valence-electron chi connectivity index (χ4n) is 0.0544. The van der Waals surface area contributed by atoms with Crippen LogP contribution in [0.25, 0.3) is 0 Å². The monoisotopic (exact) mass is 286 g/mol. The van der Waals surface area contributed by atoms with Crippen LogP contribution in [0.5, 0.6) is 0 Å². The Morgan fingerprint density at radius 3 is 0.909 bits per heavy atom. The molecule has 0 N–H and O–H groups in total. The van der Waals surface area contributed by atoms with Crippen molar-refractivity contribution in [2.24, 2.45) is 0 Å². The van der Waals surface area contributed by atoms with Gasteiger partial charge in [-0.2, -0.15) is 4.31 Å². The molecule has 0 radical (unpaired) electrons. The maximum absolute atomic E-state index is 9.24. The Bertz CT molecular complexity index is 164. The van der Waals surface area contributed by atoms with Gasteiger partial charge in [-0.05, 0) is 0 Å². The number of hydrogen-bond donors (Lipinski definition) is 0. The predicted octanol–water partition coefficient (Wildman–Crippen LogP) is 0.936. The van der Waals surface area contributed by atoms with Gasteiger partial charge in [0, 0.05) is 0 Å². The maximum atomic E-state index is 9.24. The van der Waals surface area contributed by atoms with Crippen LogP contribution >= 0.6 is 15.8 Å². The van der Waals surface area contributed by atoms with Crippen molar-refractivity contribution in [2.45, 2.75) is 0 Å². The summed E-state index contributed by atoms with van der Waals surface area (Å²) in [6, 6.07) is 0. The van der Waals surface area contributed by atoms with Crippen LogP contribution < -0.4 is 0 Å². The van der Waals surface area contributed by atoms with Crippen LogP contribution in [0.3, 0.4) is 0 Å². The molecule has 0 aromatic heterocycles. The molecule has 0 aromatic carbocycles. The van der Waals surface area contributed by atoms with Crippen molar-refractivity contribution in [1.29, 1.82) is 0 Å². The summed E-state index contributed by atoms with van der Waals surface area (Å²) in [5.41, 5.74) is 0. The van der Waals surface area contributed by atoms with Crippen molar-refractivity contribution >= 4 is 15.8 Å². The number of rotatable bonds is 2. The molecule has 0 fully saturated rings. The van der Waals surface area contributed by atoms with Crippen LogP contribution in [0, 0.1) is 0 Å². The summed E-state index contributed by atoms with van der Waals surface area (Å²) in [5, 5.41) is 0. The van der Waals surface area contributed by atoms with Crippen molar-refractivity contribution in [2.75, 3.05) is 0 Å². The van der Waals surface area contributed by atoms with Crippen molar-refractivity contribution in [1.82, 2.24) is 0 Å². The second-order valence-corrected chi connectivity index (χ2v) is 2.08. The Balaban J connectivity index is -0.000000138. The summed E-state index contributed by atoms with van der Waals surface area (Å²) in [6.45, 7) is 0. The summed E-state index contributed by atoms with van der Waals surface area (Å²) >= 11 is 4.00. The van der Waals surface area contributed by atoms with Gasteiger partial charge in [0.1, 0.15) is 0 Å². The van der Waals surface area contributed by atoms with Crippen LogP contribution in [-0.4, -0.2) is 0 Å². The SMILES string of the molecule is O=P(=O)OP(=O)=O.[O]=[Fe].[O]=[Fe]. The molecule has 0 aliphatic carbocycles. The summed E-state index contributed by atoms with van der Waals surface area (Å²) < 4.78 is 56.1. The van der Waals surface area contributed by atoms with E-state index in [9.17, 15) is 18.3 Å². The van der Waals surface area contributed by atoms with E-state index in [0.717, 1.165) is 0 Å². The predicted molar refractivity (Wildman–Crippen MR) is 19.0 cm³/mol. The molecule has 0 aromatic rings. The number of hydrogen-bond acceptors (Lipinski definition) is 7. The first kappa shape index (κ1) is 17.5. The zero-order valence-corrected chi connectivity index (χ0v) is 8.46. The fraction of sp³-hybridized carbons (Fsp3) is 0. The van der Waals surface area contributed by atoms with Gasteiger partial charge in [0.05, 0.1) is 0 Å². The third kappa shape index (κ3) is 37.9. The van der Waals surface area contributed by atoms with E-state index in [0.29, 0.717) is 0 Å². The van der Waals surface area contributed by atoms with Gasteiger partial charge in [0.15, 0.2) is 0 Å². The molecule has 0 heterocycles. The van der Waals surface area contributed by atoms with E-state index in [1.807, 2.05) is 31.9 Å². The van der Waals surface area contributed by atoms with E-state index in [2.05, 4.69) is 4.31 Å². The molecule has 0 aliphatic heterocycles. The van der Waals surface area contributed by atoms with Gasteiger partial charge in [-0.1, -0.05) is 0 Å². The van der Waals surface area contributed by atoms with Crippen molar-refractivity contribution in [3.05, 3.63) is 0 Å². The average molecular weight is 286 g/mol. The Morgan fingerprint density at radius 2 is 0.909 bits per heavy atom. The standard InChI is InChI=1S/2Fe.O5P2.2O/c;;1-6(2)5-7(3)4;;. The zero-order valence-electron chi connectivity index (χ0n) is 4.46. The second kappa shape index (κ2) is 16.8. The van der Waals surface area contributed by atoms with Crippen molar-refractivity contribution in [3.8, 4) is 0 Å². The van der Waals surface area contributed by atoms with E-state index in [1.165, 1.54) is 0 Å². The summed E-state index contributed by atoms with van der Waals surface area (Å²) in [7, 11) is -6.47. The van der Waals surface area contributed by atoms with E-state index < -0.39 is 15.8 Å². The first-order chi connectivity index (χ1) is 5.13. The van der Waals surface area contributed by atoms with Gasteiger partial charge in [0.2, 0.25) is 0 Å². The molecule has 0 saturated carbocycles. The molecule has 0 spiro atoms. The average Bonchev–Trinajstić information content (AvgIpc) is 1.93.